The Balaban J connectivity index is 2.32. The summed E-state index contributed by atoms with van der Waals surface area (Å²) in [7, 11) is 1.61. The van der Waals surface area contributed by atoms with Gasteiger partial charge in [-0.2, -0.15) is 5.26 Å². The second-order valence-electron chi connectivity index (χ2n) is 4.88. The first kappa shape index (κ1) is 17.8. The van der Waals surface area contributed by atoms with E-state index in [2.05, 4.69) is 10.6 Å². The van der Waals surface area contributed by atoms with Crippen LogP contribution in [0.4, 0.5) is 4.79 Å². The van der Waals surface area contributed by atoms with Gasteiger partial charge in [-0.15, -0.1) is 0 Å². The van der Waals surface area contributed by atoms with Gasteiger partial charge in [0.1, 0.15) is 0 Å². The van der Waals surface area contributed by atoms with Crippen LogP contribution in [0.1, 0.15) is 18.9 Å². The van der Waals surface area contributed by atoms with Crippen molar-refractivity contribution in [1.82, 2.24) is 15.5 Å². The van der Waals surface area contributed by atoms with E-state index in [1.165, 1.54) is 4.90 Å². The van der Waals surface area contributed by atoms with E-state index < -0.39 is 6.03 Å². The average molecular weight is 323 g/mol. The molecule has 22 heavy (non-hydrogen) atoms. The number of halogens is 1. The number of amides is 3. The number of hydrogen-bond acceptors (Lipinski definition) is 3. The highest BCUT2D eigenvalue weighted by Crippen LogP contribution is 2.08. The number of carbonyl (C=O) groups excluding carboxylic acids is 2. The summed E-state index contributed by atoms with van der Waals surface area (Å²) in [5.41, 5.74) is 0.908. The molecular weight excluding hydrogens is 304 g/mol. The van der Waals surface area contributed by atoms with Crippen molar-refractivity contribution in [3.63, 3.8) is 0 Å². The third-order valence-electron chi connectivity index (χ3n) is 3.21. The summed E-state index contributed by atoms with van der Waals surface area (Å²) in [6, 6.07) is 8.50. The molecule has 0 saturated carbocycles. The van der Waals surface area contributed by atoms with Crippen LogP contribution in [0.3, 0.4) is 0 Å². The van der Waals surface area contributed by atoms with E-state index >= 15 is 0 Å². The molecule has 1 atom stereocenters. The number of likely N-dealkylation sites (N-methyl/N-ethyl adjacent to an activating group) is 1. The van der Waals surface area contributed by atoms with Crippen LogP contribution in [0.2, 0.25) is 5.02 Å². The Bertz CT molecular complexity index is 554. The van der Waals surface area contributed by atoms with E-state index in [0.29, 0.717) is 11.6 Å². The Labute approximate surface area is 135 Å². The molecule has 118 valence electrons. The highest BCUT2D eigenvalue weighted by molar-refractivity contribution is 6.30. The number of nitrogens with zero attached hydrogens (tertiary/aromatic N) is 2. The summed E-state index contributed by atoms with van der Waals surface area (Å²) in [6.45, 7) is 2.01. The van der Waals surface area contributed by atoms with Crippen LogP contribution in [-0.4, -0.2) is 36.5 Å². The van der Waals surface area contributed by atoms with Gasteiger partial charge >= 0.3 is 6.03 Å². The van der Waals surface area contributed by atoms with Crippen molar-refractivity contribution in [2.75, 3.05) is 13.6 Å². The summed E-state index contributed by atoms with van der Waals surface area (Å²) >= 11 is 5.77. The number of rotatable bonds is 6. The van der Waals surface area contributed by atoms with Crippen LogP contribution in [0.25, 0.3) is 0 Å². The summed E-state index contributed by atoms with van der Waals surface area (Å²) in [6.07, 6.45) is 0.255. The number of nitriles is 1. The minimum atomic E-state index is -0.426. The Morgan fingerprint density at radius 3 is 2.55 bits per heavy atom. The van der Waals surface area contributed by atoms with Crippen molar-refractivity contribution in [1.29, 1.82) is 5.26 Å². The summed E-state index contributed by atoms with van der Waals surface area (Å²) in [4.78, 5) is 24.9. The van der Waals surface area contributed by atoms with Gasteiger partial charge in [0, 0.05) is 24.7 Å². The lowest BCUT2D eigenvalue weighted by molar-refractivity contribution is -0.130. The van der Waals surface area contributed by atoms with Gasteiger partial charge < -0.3 is 15.5 Å². The Morgan fingerprint density at radius 2 is 1.95 bits per heavy atom. The van der Waals surface area contributed by atoms with Crippen LogP contribution in [0.15, 0.2) is 24.3 Å². The quantitative estimate of drug-likeness (QED) is 0.838. The predicted octanol–water partition coefficient (Wildman–Crippen LogP) is 1.90. The van der Waals surface area contributed by atoms with E-state index in [1.54, 1.807) is 26.1 Å². The molecule has 0 spiro atoms. The van der Waals surface area contributed by atoms with E-state index in [1.807, 2.05) is 18.2 Å². The first-order valence-corrected chi connectivity index (χ1v) is 7.20. The topological polar surface area (TPSA) is 85.2 Å². The predicted molar refractivity (Wildman–Crippen MR) is 84.2 cm³/mol. The first-order chi connectivity index (χ1) is 10.4. The largest absolute Gasteiger partial charge is 0.340 e. The smallest absolute Gasteiger partial charge is 0.315 e. The maximum absolute atomic E-state index is 11.8. The number of urea groups is 1. The van der Waals surface area contributed by atoms with E-state index in [-0.39, 0.29) is 24.9 Å². The maximum Gasteiger partial charge on any atom is 0.315 e. The molecule has 3 amide bonds. The van der Waals surface area contributed by atoms with Crippen molar-refractivity contribution in [2.45, 2.75) is 25.9 Å². The molecule has 0 fully saturated rings. The summed E-state index contributed by atoms with van der Waals surface area (Å²) in [5, 5.41) is 14.4. The minimum Gasteiger partial charge on any atom is -0.340 e. The minimum absolute atomic E-state index is 0.112. The Morgan fingerprint density at radius 1 is 1.32 bits per heavy atom. The van der Waals surface area contributed by atoms with Gasteiger partial charge in [-0.1, -0.05) is 23.7 Å². The molecule has 0 aromatic heterocycles. The second kappa shape index (κ2) is 8.90. The van der Waals surface area contributed by atoms with Crippen molar-refractivity contribution >= 4 is 23.5 Å². The van der Waals surface area contributed by atoms with Gasteiger partial charge in [-0.05, 0) is 24.6 Å². The molecule has 1 aromatic rings. The molecule has 0 aliphatic rings. The lowest BCUT2D eigenvalue weighted by Gasteiger charge is -2.23. The van der Waals surface area contributed by atoms with E-state index in [4.69, 9.17) is 16.9 Å². The first-order valence-electron chi connectivity index (χ1n) is 6.82. The summed E-state index contributed by atoms with van der Waals surface area (Å²) in [5.74, 6) is -0.246. The molecule has 0 bridgehead atoms. The molecule has 7 heteroatoms. The molecule has 0 aliphatic heterocycles. The number of nitrogens with one attached hydrogen (secondary N) is 2. The van der Waals surface area contributed by atoms with Gasteiger partial charge in [0.15, 0.2) is 0 Å². The fraction of sp³-hybridized carbons (Fsp3) is 0.400. The van der Waals surface area contributed by atoms with Gasteiger partial charge in [0.2, 0.25) is 5.91 Å². The zero-order valence-corrected chi connectivity index (χ0v) is 13.4. The maximum atomic E-state index is 11.8. The number of carbonyl (C=O) groups is 2. The molecule has 0 aliphatic carbocycles. The molecule has 0 heterocycles. The molecular formula is C15H19ClN4O2. The third kappa shape index (κ3) is 6.02. The number of hydrogen-bond donors (Lipinski definition) is 2. The average Bonchev–Trinajstić information content (AvgIpc) is 2.51. The zero-order valence-electron chi connectivity index (χ0n) is 12.6. The molecule has 6 nitrogen and oxygen atoms in total. The lowest BCUT2D eigenvalue weighted by atomic mass is 10.2. The normalized spacial score (nSPS) is 11.2. The highest BCUT2D eigenvalue weighted by Gasteiger charge is 2.15. The standard InChI is InChI=1S/C15H19ClN4O2/c1-11(7-8-17)20(2)14(21)10-19-15(22)18-9-12-3-5-13(16)6-4-12/h3-6,11H,7,9-10H2,1-2H3,(H2,18,19,22). The van der Waals surface area contributed by atoms with Gasteiger partial charge in [-0.25, -0.2) is 4.79 Å². The summed E-state index contributed by atoms with van der Waals surface area (Å²) < 4.78 is 0. The van der Waals surface area contributed by atoms with Crippen LogP contribution < -0.4 is 10.6 Å². The van der Waals surface area contributed by atoms with Gasteiger partial charge in [-0.3, -0.25) is 4.79 Å². The van der Waals surface area contributed by atoms with Crippen molar-refractivity contribution < 1.29 is 9.59 Å². The molecule has 1 unspecified atom stereocenters. The Hall–Kier alpha value is -2.26. The van der Waals surface area contributed by atoms with Crippen LogP contribution >= 0.6 is 11.6 Å². The molecule has 2 N–H and O–H groups in total. The molecule has 1 rings (SSSR count). The van der Waals surface area contributed by atoms with Crippen molar-refractivity contribution in [3.8, 4) is 6.07 Å². The molecule has 1 aromatic carbocycles. The Kier molecular flexibility index (Phi) is 7.20. The van der Waals surface area contributed by atoms with Gasteiger partial charge in [0.05, 0.1) is 19.0 Å². The fourth-order valence-corrected chi connectivity index (χ4v) is 1.77. The number of benzene rings is 1. The van der Waals surface area contributed by atoms with Crippen LogP contribution in [-0.2, 0) is 11.3 Å². The van der Waals surface area contributed by atoms with Gasteiger partial charge in [0.25, 0.3) is 0 Å². The molecule has 0 radical (unpaired) electrons. The highest BCUT2D eigenvalue weighted by atomic mass is 35.5. The lowest BCUT2D eigenvalue weighted by Crippen LogP contribution is -2.44. The SMILES string of the molecule is CC(CC#N)N(C)C(=O)CNC(=O)NCc1ccc(Cl)cc1. The van der Waals surface area contributed by atoms with E-state index in [9.17, 15) is 9.59 Å². The zero-order chi connectivity index (χ0) is 16.5. The van der Waals surface area contributed by atoms with Crippen LogP contribution in [0, 0.1) is 11.3 Å². The molecule has 0 saturated heterocycles. The monoisotopic (exact) mass is 322 g/mol. The fourth-order valence-electron chi connectivity index (χ4n) is 1.64. The van der Waals surface area contributed by atoms with Crippen LogP contribution in [0.5, 0.6) is 0 Å². The van der Waals surface area contributed by atoms with E-state index in [0.717, 1.165) is 5.56 Å². The van der Waals surface area contributed by atoms with Crippen molar-refractivity contribution in [3.05, 3.63) is 34.9 Å². The third-order valence-corrected chi connectivity index (χ3v) is 3.46. The second-order valence-corrected chi connectivity index (χ2v) is 5.32. The van der Waals surface area contributed by atoms with Crippen molar-refractivity contribution in [2.24, 2.45) is 0 Å².